The van der Waals surface area contributed by atoms with Crippen LogP contribution in [0.25, 0.3) is 0 Å². The van der Waals surface area contributed by atoms with Gasteiger partial charge in [-0.2, -0.15) is 5.26 Å². The van der Waals surface area contributed by atoms with Gasteiger partial charge in [-0.1, -0.05) is 18.2 Å². The predicted molar refractivity (Wildman–Crippen MR) is 70.2 cm³/mol. The largest absolute Gasteiger partial charge is 0.478 e. The maximum atomic E-state index is 8.66. The van der Waals surface area contributed by atoms with Crippen LogP contribution >= 0.6 is 0 Å². The van der Waals surface area contributed by atoms with Gasteiger partial charge in [0.2, 0.25) is 0 Å². The van der Waals surface area contributed by atoms with Crippen molar-refractivity contribution in [1.82, 2.24) is 5.32 Å². The summed E-state index contributed by atoms with van der Waals surface area (Å²) in [6, 6.07) is 9.70. The number of ether oxygens (including phenoxy) is 1. The molecule has 0 heterocycles. The Labute approximate surface area is 108 Å². The predicted octanol–water partition coefficient (Wildman–Crippen LogP) is 1.84. The van der Waals surface area contributed by atoms with Gasteiger partial charge in [-0.15, -0.1) is 0 Å². The van der Waals surface area contributed by atoms with Crippen LogP contribution in [0, 0.1) is 11.3 Å². The van der Waals surface area contributed by atoms with Crippen molar-refractivity contribution >= 4 is 0 Å². The Bertz CT molecular complexity index is 374. The summed E-state index contributed by atoms with van der Waals surface area (Å²) < 4.78 is 5.35. The van der Waals surface area contributed by atoms with Crippen molar-refractivity contribution in [3.63, 3.8) is 0 Å². The second-order valence-corrected chi connectivity index (χ2v) is 4.02. The van der Waals surface area contributed by atoms with Crippen LogP contribution in [0.3, 0.4) is 0 Å². The van der Waals surface area contributed by atoms with E-state index in [1.165, 1.54) is 0 Å². The van der Waals surface area contributed by atoms with Gasteiger partial charge in [-0.05, 0) is 31.9 Å². The van der Waals surface area contributed by atoms with Crippen LogP contribution in [0.15, 0.2) is 24.3 Å². The summed E-state index contributed by atoms with van der Waals surface area (Å²) in [5.41, 5.74) is 1.06. The molecule has 0 aliphatic rings. The summed E-state index contributed by atoms with van der Waals surface area (Å²) in [7, 11) is 0. The molecule has 0 amide bonds. The quantitative estimate of drug-likeness (QED) is 0.654. The minimum Gasteiger partial charge on any atom is -0.478 e. The van der Waals surface area contributed by atoms with Gasteiger partial charge in [-0.25, -0.2) is 0 Å². The Morgan fingerprint density at radius 2 is 2.06 bits per heavy atom. The van der Waals surface area contributed by atoms with Crippen LogP contribution in [0.4, 0.5) is 0 Å². The monoisotopic (exact) mass is 248 g/mol. The zero-order valence-corrected chi connectivity index (χ0v) is 10.6. The van der Waals surface area contributed by atoms with Gasteiger partial charge in [-0.3, -0.25) is 0 Å². The highest BCUT2D eigenvalue weighted by Crippen LogP contribution is 2.17. The van der Waals surface area contributed by atoms with Crippen LogP contribution in [-0.4, -0.2) is 24.9 Å². The summed E-state index contributed by atoms with van der Waals surface area (Å²) in [5.74, 6) is 0.766. The van der Waals surface area contributed by atoms with Crippen molar-refractivity contribution in [3.05, 3.63) is 29.8 Å². The molecule has 4 heteroatoms. The number of hydrogen-bond acceptors (Lipinski definition) is 4. The molecule has 4 nitrogen and oxygen atoms in total. The minimum atomic E-state index is 0.0769. The number of para-hydroxylation sites is 1. The van der Waals surface area contributed by atoms with Gasteiger partial charge in [0, 0.05) is 18.7 Å². The second kappa shape index (κ2) is 9.46. The molecule has 0 aliphatic heterocycles. The third-order valence-corrected chi connectivity index (χ3v) is 2.59. The molecule has 1 aromatic rings. The molecular weight excluding hydrogens is 228 g/mol. The Kier molecular flexibility index (Phi) is 7.61. The average molecular weight is 248 g/mol. The van der Waals surface area contributed by atoms with Crippen LogP contribution in [0.5, 0.6) is 5.75 Å². The molecule has 0 aromatic heterocycles. The number of aliphatic hydroxyl groups excluding tert-OH is 1. The minimum absolute atomic E-state index is 0.0769. The molecule has 98 valence electrons. The van der Waals surface area contributed by atoms with Crippen LogP contribution in [0.1, 0.15) is 24.8 Å². The molecule has 0 unspecified atom stereocenters. The van der Waals surface area contributed by atoms with Gasteiger partial charge in [0.25, 0.3) is 0 Å². The highest BCUT2D eigenvalue weighted by molar-refractivity contribution is 5.33. The van der Waals surface area contributed by atoms with Crippen molar-refractivity contribution in [3.8, 4) is 11.8 Å². The van der Waals surface area contributed by atoms with Crippen LogP contribution < -0.4 is 10.1 Å². The fourth-order valence-electron chi connectivity index (χ4n) is 1.66. The number of benzene rings is 1. The maximum absolute atomic E-state index is 8.66. The van der Waals surface area contributed by atoms with E-state index in [9.17, 15) is 0 Å². The van der Waals surface area contributed by atoms with E-state index in [4.69, 9.17) is 15.1 Å². The van der Waals surface area contributed by atoms with Gasteiger partial charge >= 0.3 is 0 Å². The van der Waals surface area contributed by atoms with Crippen molar-refractivity contribution < 1.29 is 9.84 Å². The average Bonchev–Trinajstić information content (AvgIpc) is 2.41. The molecule has 1 rings (SSSR count). The first-order chi connectivity index (χ1) is 8.88. The number of nitrogens with one attached hydrogen (secondary N) is 1. The third-order valence-electron chi connectivity index (χ3n) is 2.59. The third kappa shape index (κ3) is 5.67. The standard InChI is InChI=1S/C14H20N2O2/c15-8-11-18-14-7-3-2-6-13(14)12-16-9-4-1-5-10-17/h2-3,6-7,16-17H,1,4-5,9-12H2. The van der Waals surface area contributed by atoms with Gasteiger partial charge < -0.3 is 15.2 Å². The van der Waals surface area contributed by atoms with Gasteiger partial charge in [0.05, 0.1) is 0 Å². The van der Waals surface area contributed by atoms with Crippen molar-refractivity contribution in [2.24, 2.45) is 0 Å². The Balaban J connectivity index is 2.30. The fraction of sp³-hybridized carbons (Fsp3) is 0.500. The lowest BCUT2D eigenvalue weighted by atomic mass is 10.2. The molecule has 0 bridgehead atoms. The molecule has 18 heavy (non-hydrogen) atoms. The molecule has 0 radical (unpaired) electrons. The van der Waals surface area contributed by atoms with Gasteiger partial charge in [0.15, 0.2) is 6.61 Å². The normalized spacial score (nSPS) is 10.0. The first kappa shape index (κ1) is 14.5. The SMILES string of the molecule is N#CCOc1ccccc1CNCCCCCO. The Morgan fingerprint density at radius 3 is 2.83 bits per heavy atom. The number of nitriles is 1. The Hall–Kier alpha value is -1.57. The van der Waals surface area contributed by atoms with E-state index in [2.05, 4.69) is 5.32 Å². The van der Waals surface area contributed by atoms with Crippen LogP contribution in [-0.2, 0) is 6.54 Å². The van der Waals surface area contributed by atoms with Gasteiger partial charge in [0.1, 0.15) is 11.8 Å². The number of aliphatic hydroxyl groups is 1. The molecule has 0 saturated heterocycles. The summed E-state index contributed by atoms with van der Waals surface area (Å²) in [4.78, 5) is 0. The van der Waals surface area contributed by atoms with E-state index in [0.29, 0.717) is 0 Å². The zero-order chi connectivity index (χ0) is 13.1. The summed E-state index contributed by atoms with van der Waals surface area (Å²) in [5, 5.41) is 20.5. The van der Waals surface area contributed by atoms with E-state index in [-0.39, 0.29) is 13.2 Å². The lowest BCUT2D eigenvalue weighted by Crippen LogP contribution is -2.15. The van der Waals surface area contributed by atoms with Crippen molar-refractivity contribution in [2.75, 3.05) is 19.8 Å². The Morgan fingerprint density at radius 1 is 1.22 bits per heavy atom. The molecule has 2 N–H and O–H groups in total. The number of rotatable bonds is 9. The molecule has 0 aliphatic carbocycles. The lowest BCUT2D eigenvalue weighted by Gasteiger charge is -2.10. The number of nitrogens with zero attached hydrogens (tertiary/aromatic N) is 1. The molecule has 0 atom stereocenters. The van der Waals surface area contributed by atoms with E-state index in [1.54, 1.807) is 0 Å². The van der Waals surface area contributed by atoms with Crippen molar-refractivity contribution in [1.29, 1.82) is 5.26 Å². The lowest BCUT2D eigenvalue weighted by molar-refractivity contribution is 0.283. The molecule has 0 spiro atoms. The molecule has 0 fully saturated rings. The van der Waals surface area contributed by atoms with E-state index < -0.39 is 0 Å². The molecule has 1 aromatic carbocycles. The van der Waals surface area contributed by atoms with E-state index in [1.807, 2.05) is 30.3 Å². The first-order valence-electron chi connectivity index (χ1n) is 6.27. The first-order valence-corrected chi connectivity index (χ1v) is 6.27. The number of hydrogen-bond donors (Lipinski definition) is 2. The number of unbranched alkanes of at least 4 members (excludes halogenated alkanes) is 2. The smallest absolute Gasteiger partial charge is 0.174 e. The summed E-state index contributed by atoms with van der Waals surface area (Å²) in [6.45, 7) is 2.01. The van der Waals surface area contributed by atoms with Crippen molar-refractivity contribution in [2.45, 2.75) is 25.8 Å². The highest BCUT2D eigenvalue weighted by atomic mass is 16.5. The maximum Gasteiger partial charge on any atom is 0.174 e. The fourth-order valence-corrected chi connectivity index (χ4v) is 1.66. The van der Waals surface area contributed by atoms with E-state index in [0.717, 1.165) is 43.7 Å². The summed E-state index contributed by atoms with van der Waals surface area (Å²) >= 11 is 0. The highest BCUT2D eigenvalue weighted by Gasteiger charge is 2.01. The topological polar surface area (TPSA) is 65.3 Å². The van der Waals surface area contributed by atoms with E-state index >= 15 is 0 Å². The van der Waals surface area contributed by atoms with Crippen LogP contribution in [0.2, 0.25) is 0 Å². The molecular formula is C14H20N2O2. The summed E-state index contributed by atoms with van der Waals surface area (Å²) in [6.07, 6.45) is 2.96. The molecule has 0 saturated carbocycles. The second-order valence-electron chi connectivity index (χ2n) is 4.02. The zero-order valence-electron chi connectivity index (χ0n) is 10.6.